The van der Waals surface area contributed by atoms with Crippen LogP contribution in [0.5, 0.6) is 5.75 Å². The van der Waals surface area contributed by atoms with Gasteiger partial charge < -0.3 is 15.2 Å². The van der Waals surface area contributed by atoms with Gasteiger partial charge in [0, 0.05) is 24.4 Å². The van der Waals surface area contributed by atoms with E-state index in [4.69, 9.17) is 15.2 Å². The number of pyridine rings is 1. The smallest absolute Gasteiger partial charge is 0.188 e. The molecule has 27 heavy (non-hydrogen) atoms. The second kappa shape index (κ2) is 7.48. The molecule has 4 rings (SSSR count). The number of benzene rings is 3. The molecule has 0 aliphatic rings. The van der Waals surface area contributed by atoms with Gasteiger partial charge in [0.15, 0.2) is 6.79 Å². The SMILES string of the molecule is COCOc1ccc(-c2cc(-c3cccc4ccccc34)cnc2N)cc1. The average molecular weight is 356 g/mol. The summed E-state index contributed by atoms with van der Waals surface area (Å²) >= 11 is 0. The Kier molecular flexibility index (Phi) is 4.73. The second-order valence-corrected chi connectivity index (χ2v) is 6.26. The molecule has 4 nitrogen and oxygen atoms in total. The lowest BCUT2D eigenvalue weighted by Crippen LogP contribution is -1.99. The van der Waals surface area contributed by atoms with E-state index in [1.807, 2.05) is 36.5 Å². The maximum atomic E-state index is 6.17. The largest absolute Gasteiger partial charge is 0.468 e. The maximum absolute atomic E-state index is 6.17. The average Bonchev–Trinajstić information content (AvgIpc) is 2.73. The molecule has 1 aromatic heterocycles. The highest BCUT2D eigenvalue weighted by Crippen LogP contribution is 2.33. The summed E-state index contributed by atoms with van der Waals surface area (Å²) < 4.78 is 10.4. The van der Waals surface area contributed by atoms with Gasteiger partial charge in [-0.3, -0.25) is 0 Å². The number of aromatic nitrogens is 1. The van der Waals surface area contributed by atoms with E-state index >= 15 is 0 Å². The van der Waals surface area contributed by atoms with Crippen molar-refractivity contribution < 1.29 is 9.47 Å². The van der Waals surface area contributed by atoms with Crippen LogP contribution in [0, 0.1) is 0 Å². The number of nitrogens with two attached hydrogens (primary N) is 1. The highest BCUT2D eigenvalue weighted by atomic mass is 16.7. The van der Waals surface area contributed by atoms with Crippen LogP contribution >= 0.6 is 0 Å². The van der Waals surface area contributed by atoms with Gasteiger partial charge in [-0.05, 0) is 40.1 Å². The summed E-state index contributed by atoms with van der Waals surface area (Å²) in [5.41, 5.74) is 10.2. The lowest BCUT2D eigenvalue weighted by Gasteiger charge is -2.11. The summed E-state index contributed by atoms with van der Waals surface area (Å²) in [4.78, 5) is 4.44. The van der Waals surface area contributed by atoms with E-state index in [1.165, 1.54) is 10.8 Å². The Bertz CT molecular complexity index is 1070. The maximum Gasteiger partial charge on any atom is 0.188 e. The number of rotatable bonds is 5. The Morgan fingerprint density at radius 2 is 1.63 bits per heavy atom. The second-order valence-electron chi connectivity index (χ2n) is 6.26. The van der Waals surface area contributed by atoms with Crippen LogP contribution in [0.4, 0.5) is 5.82 Å². The molecule has 4 heteroatoms. The Labute approximate surface area is 158 Å². The van der Waals surface area contributed by atoms with Gasteiger partial charge in [-0.25, -0.2) is 4.98 Å². The standard InChI is InChI=1S/C23H20N2O2/c1-26-15-27-19-11-9-17(10-12-19)22-13-18(14-25-23(22)24)21-8-4-6-16-5-2-3-7-20(16)21/h2-14H,15H2,1H3,(H2,24,25). The minimum Gasteiger partial charge on any atom is -0.468 e. The van der Waals surface area contributed by atoms with Crippen molar-refractivity contribution in [1.29, 1.82) is 0 Å². The number of nitrogens with zero attached hydrogens (tertiary/aromatic N) is 1. The number of nitrogen functional groups attached to an aromatic ring is 1. The van der Waals surface area contributed by atoms with E-state index in [0.717, 1.165) is 28.0 Å². The van der Waals surface area contributed by atoms with Crippen LogP contribution in [0.15, 0.2) is 79.0 Å². The number of methoxy groups -OCH3 is 1. The van der Waals surface area contributed by atoms with Crippen molar-refractivity contribution in [3.05, 3.63) is 79.0 Å². The van der Waals surface area contributed by atoms with Crippen LogP contribution in [0.2, 0.25) is 0 Å². The highest BCUT2D eigenvalue weighted by molar-refractivity contribution is 5.97. The van der Waals surface area contributed by atoms with Gasteiger partial charge in [0.1, 0.15) is 11.6 Å². The number of hydrogen-bond donors (Lipinski definition) is 1. The summed E-state index contributed by atoms with van der Waals surface area (Å²) in [5, 5.41) is 2.40. The van der Waals surface area contributed by atoms with Gasteiger partial charge in [0.05, 0.1) is 0 Å². The molecule has 0 aliphatic heterocycles. The zero-order chi connectivity index (χ0) is 18.6. The Morgan fingerprint density at radius 1 is 0.852 bits per heavy atom. The number of hydrogen-bond acceptors (Lipinski definition) is 4. The highest BCUT2D eigenvalue weighted by Gasteiger charge is 2.09. The van der Waals surface area contributed by atoms with Crippen molar-refractivity contribution in [2.24, 2.45) is 0 Å². The molecule has 0 saturated heterocycles. The minimum absolute atomic E-state index is 0.222. The molecule has 0 radical (unpaired) electrons. The topological polar surface area (TPSA) is 57.4 Å². The summed E-state index contributed by atoms with van der Waals surface area (Å²) in [5.74, 6) is 1.25. The van der Waals surface area contributed by atoms with E-state index in [-0.39, 0.29) is 6.79 Å². The van der Waals surface area contributed by atoms with E-state index < -0.39 is 0 Å². The Hall–Kier alpha value is -3.37. The Morgan fingerprint density at radius 3 is 2.44 bits per heavy atom. The minimum atomic E-state index is 0.222. The summed E-state index contributed by atoms with van der Waals surface area (Å²) in [7, 11) is 1.60. The van der Waals surface area contributed by atoms with E-state index in [2.05, 4.69) is 47.4 Å². The van der Waals surface area contributed by atoms with Gasteiger partial charge in [-0.1, -0.05) is 54.6 Å². The van der Waals surface area contributed by atoms with Crippen molar-refractivity contribution in [3.63, 3.8) is 0 Å². The molecule has 134 valence electrons. The number of fused-ring (bicyclic) bond motifs is 1. The molecular formula is C23H20N2O2. The molecule has 3 aromatic carbocycles. The lowest BCUT2D eigenvalue weighted by atomic mass is 9.97. The van der Waals surface area contributed by atoms with Crippen molar-refractivity contribution in [3.8, 4) is 28.0 Å². The van der Waals surface area contributed by atoms with Crippen molar-refractivity contribution in [2.75, 3.05) is 19.6 Å². The fraction of sp³-hybridized carbons (Fsp3) is 0.0870. The van der Waals surface area contributed by atoms with Crippen LogP contribution in [0.25, 0.3) is 33.0 Å². The van der Waals surface area contributed by atoms with Crippen molar-refractivity contribution in [1.82, 2.24) is 4.98 Å². The molecule has 2 N–H and O–H groups in total. The molecule has 0 atom stereocenters. The number of anilines is 1. The van der Waals surface area contributed by atoms with Crippen LogP contribution in [-0.4, -0.2) is 18.9 Å². The fourth-order valence-corrected chi connectivity index (χ4v) is 3.19. The molecule has 0 bridgehead atoms. The van der Waals surface area contributed by atoms with Gasteiger partial charge in [-0.2, -0.15) is 0 Å². The third-order valence-electron chi connectivity index (χ3n) is 4.53. The molecule has 1 heterocycles. The first-order valence-corrected chi connectivity index (χ1v) is 8.72. The summed E-state index contributed by atoms with van der Waals surface area (Å²) in [6, 6.07) is 24.5. The molecule has 0 saturated carbocycles. The molecule has 0 unspecified atom stereocenters. The summed E-state index contributed by atoms with van der Waals surface area (Å²) in [6.07, 6.45) is 1.83. The monoisotopic (exact) mass is 356 g/mol. The zero-order valence-corrected chi connectivity index (χ0v) is 15.1. The van der Waals surface area contributed by atoms with Crippen LogP contribution in [-0.2, 0) is 4.74 Å². The van der Waals surface area contributed by atoms with Crippen LogP contribution in [0.1, 0.15) is 0 Å². The van der Waals surface area contributed by atoms with Crippen LogP contribution < -0.4 is 10.5 Å². The first kappa shape index (κ1) is 17.1. The van der Waals surface area contributed by atoms with Gasteiger partial charge >= 0.3 is 0 Å². The van der Waals surface area contributed by atoms with Gasteiger partial charge in [0.2, 0.25) is 0 Å². The van der Waals surface area contributed by atoms with Crippen molar-refractivity contribution >= 4 is 16.6 Å². The van der Waals surface area contributed by atoms with Gasteiger partial charge in [-0.15, -0.1) is 0 Å². The lowest BCUT2D eigenvalue weighted by molar-refractivity contribution is 0.0511. The first-order valence-electron chi connectivity index (χ1n) is 8.72. The molecule has 0 amide bonds. The zero-order valence-electron chi connectivity index (χ0n) is 15.1. The van der Waals surface area contributed by atoms with Crippen LogP contribution in [0.3, 0.4) is 0 Å². The first-order chi connectivity index (χ1) is 13.3. The molecule has 4 aromatic rings. The molecular weight excluding hydrogens is 336 g/mol. The molecule has 0 fully saturated rings. The van der Waals surface area contributed by atoms with E-state index in [9.17, 15) is 0 Å². The molecule has 0 aliphatic carbocycles. The third-order valence-corrected chi connectivity index (χ3v) is 4.53. The summed E-state index contributed by atoms with van der Waals surface area (Å²) in [6.45, 7) is 0.222. The predicted molar refractivity (Wildman–Crippen MR) is 110 cm³/mol. The van der Waals surface area contributed by atoms with Crippen molar-refractivity contribution in [2.45, 2.75) is 0 Å². The van der Waals surface area contributed by atoms with E-state index in [0.29, 0.717) is 5.82 Å². The normalized spacial score (nSPS) is 10.9. The fourth-order valence-electron chi connectivity index (χ4n) is 3.19. The molecule has 0 spiro atoms. The predicted octanol–water partition coefficient (Wildman–Crippen LogP) is 5.13. The Balaban J connectivity index is 1.75. The van der Waals surface area contributed by atoms with E-state index in [1.54, 1.807) is 7.11 Å². The quantitative estimate of drug-likeness (QED) is 0.503. The third kappa shape index (κ3) is 3.48. The van der Waals surface area contributed by atoms with Gasteiger partial charge in [0.25, 0.3) is 0 Å². The number of ether oxygens (including phenoxy) is 2.